The minimum atomic E-state index is -0.670. The molecule has 0 saturated carbocycles. The van der Waals surface area contributed by atoms with E-state index in [-0.39, 0.29) is 13.2 Å². The zero-order chi connectivity index (χ0) is 15.7. The summed E-state index contributed by atoms with van der Waals surface area (Å²) in [4.78, 5) is 25.6. The standard InChI is InChI=1S/C16H23NO4/c1-4-17(16(19)21-6-3)14(15(18)20-5-2)12-13-10-8-7-9-11-13/h7-11,14H,4-6,12H2,1-3H3/t14-/m0/s1. The number of hydrogen-bond acceptors (Lipinski definition) is 4. The lowest BCUT2D eigenvalue weighted by molar-refractivity contribution is -0.148. The molecule has 0 aliphatic rings. The Balaban J connectivity index is 2.94. The Hall–Kier alpha value is -2.04. The summed E-state index contributed by atoms with van der Waals surface area (Å²) in [7, 11) is 0. The van der Waals surface area contributed by atoms with E-state index in [0.717, 1.165) is 5.56 Å². The van der Waals surface area contributed by atoms with Crippen LogP contribution in [0.15, 0.2) is 30.3 Å². The molecule has 0 unspecified atom stereocenters. The lowest BCUT2D eigenvalue weighted by atomic mass is 10.0. The van der Waals surface area contributed by atoms with Gasteiger partial charge in [-0.1, -0.05) is 30.3 Å². The van der Waals surface area contributed by atoms with Gasteiger partial charge in [-0.05, 0) is 26.3 Å². The quantitative estimate of drug-likeness (QED) is 0.725. The first-order valence-electron chi connectivity index (χ1n) is 7.27. The fourth-order valence-electron chi connectivity index (χ4n) is 2.08. The van der Waals surface area contributed by atoms with Crippen molar-refractivity contribution >= 4 is 12.1 Å². The Morgan fingerprint density at radius 1 is 1.05 bits per heavy atom. The molecule has 1 rings (SSSR count). The molecule has 0 aliphatic heterocycles. The van der Waals surface area contributed by atoms with Crippen molar-refractivity contribution in [2.75, 3.05) is 19.8 Å². The molecule has 5 heteroatoms. The SMILES string of the molecule is CCOC(=O)[C@H](Cc1ccccc1)N(CC)C(=O)OCC. The first-order chi connectivity index (χ1) is 10.1. The van der Waals surface area contributed by atoms with Crippen LogP contribution in [0.25, 0.3) is 0 Å². The lowest BCUT2D eigenvalue weighted by Crippen LogP contribution is -2.47. The summed E-state index contributed by atoms with van der Waals surface area (Å²) in [6, 6.07) is 8.88. The normalized spacial score (nSPS) is 11.6. The van der Waals surface area contributed by atoms with Crippen LogP contribution in [-0.2, 0) is 20.7 Å². The summed E-state index contributed by atoms with van der Waals surface area (Å²) in [5.41, 5.74) is 0.971. The van der Waals surface area contributed by atoms with Gasteiger partial charge in [-0.15, -0.1) is 0 Å². The largest absolute Gasteiger partial charge is 0.464 e. The molecular weight excluding hydrogens is 270 g/mol. The van der Waals surface area contributed by atoms with Crippen LogP contribution in [0.4, 0.5) is 4.79 Å². The second-order valence-electron chi connectivity index (χ2n) is 4.44. The predicted octanol–water partition coefficient (Wildman–Crippen LogP) is 2.64. The third-order valence-electron chi connectivity index (χ3n) is 3.05. The van der Waals surface area contributed by atoms with E-state index in [1.54, 1.807) is 13.8 Å². The second-order valence-corrected chi connectivity index (χ2v) is 4.44. The van der Waals surface area contributed by atoms with Crippen molar-refractivity contribution < 1.29 is 19.1 Å². The third kappa shape index (κ3) is 5.10. The number of rotatable bonds is 7. The van der Waals surface area contributed by atoms with Gasteiger partial charge in [-0.3, -0.25) is 4.90 Å². The molecule has 0 aromatic heterocycles. The lowest BCUT2D eigenvalue weighted by Gasteiger charge is -2.28. The Bertz CT molecular complexity index is 447. The summed E-state index contributed by atoms with van der Waals surface area (Å²) >= 11 is 0. The van der Waals surface area contributed by atoms with E-state index >= 15 is 0 Å². The fourth-order valence-corrected chi connectivity index (χ4v) is 2.08. The molecule has 0 N–H and O–H groups in total. The number of carbonyl (C=O) groups excluding carboxylic acids is 2. The highest BCUT2D eigenvalue weighted by Crippen LogP contribution is 2.12. The monoisotopic (exact) mass is 293 g/mol. The Kier molecular flexibility index (Phi) is 7.29. The van der Waals surface area contributed by atoms with Crippen molar-refractivity contribution in [3.05, 3.63) is 35.9 Å². The molecule has 1 atom stereocenters. The summed E-state index contributed by atoms with van der Waals surface area (Å²) in [6.45, 7) is 6.24. The van der Waals surface area contributed by atoms with Crippen LogP contribution in [0, 0.1) is 0 Å². The van der Waals surface area contributed by atoms with E-state index in [1.807, 2.05) is 37.3 Å². The minimum Gasteiger partial charge on any atom is -0.464 e. The van der Waals surface area contributed by atoms with Crippen LogP contribution in [-0.4, -0.2) is 42.8 Å². The molecule has 1 aromatic carbocycles. The molecule has 0 heterocycles. The average molecular weight is 293 g/mol. The smallest absolute Gasteiger partial charge is 0.410 e. The Morgan fingerprint density at radius 3 is 2.19 bits per heavy atom. The highest BCUT2D eigenvalue weighted by molar-refractivity contribution is 5.81. The van der Waals surface area contributed by atoms with E-state index in [1.165, 1.54) is 4.90 Å². The van der Waals surface area contributed by atoms with E-state index in [9.17, 15) is 9.59 Å². The predicted molar refractivity (Wildman–Crippen MR) is 80.0 cm³/mol. The number of nitrogens with zero attached hydrogens (tertiary/aromatic N) is 1. The maximum atomic E-state index is 12.2. The molecule has 5 nitrogen and oxygen atoms in total. The zero-order valence-corrected chi connectivity index (χ0v) is 12.9. The van der Waals surface area contributed by atoms with Gasteiger partial charge >= 0.3 is 12.1 Å². The number of benzene rings is 1. The van der Waals surface area contributed by atoms with Crippen LogP contribution in [0.3, 0.4) is 0 Å². The van der Waals surface area contributed by atoms with Gasteiger partial charge in [0.1, 0.15) is 6.04 Å². The molecule has 0 spiro atoms. The van der Waals surface area contributed by atoms with Crippen molar-refractivity contribution in [1.29, 1.82) is 0 Å². The summed E-state index contributed by atoms with van der Waals surface area (Å²) in [5, 5.41) is 0. The van der Waals surface area contributed by atoms with Crippen LogP contribution in [0.1, 0.15) is 26.3 Å². The molecular formula is C16H23NO4. The highest BCUT2D eigenvalue weighted by Gasteiger charge is 2.31. The highest BCUT2D eigenvalue weighted by atomic mass is 16.6. The molecule has 1 amide bonds. The van der Waals surface area contributed by atoms with E-state index in [2.05, 4.69) is 0 Å². The van der Waals surface area contributed by atoms with Crippen LogP contribution < -0.4 is 0 Å². The molecule has 116 valence electrons. The summed E-state index contributed by atoms with van der Waals surface area (Å²) in [5.74, 6) is -0.406. The van der Waals surface area contributed by atoms with Gasteiger partial charge in [-0.2, -0.15) is 0 Å². The Morgan fingerprint density at radius 2 is 1.67 bits per heavy atom. The molecule has 21 heavy (non-hydrogen) atoms. The zero-order valence-electron chi connectivity index (χ0n) is 12.9. The number of ether oxygens (including phenoxy) is 2. The van der Waals surface area contributed by atoms with Gasteiger partial charge in [0.25, 0.3) is 0 Å². The van der Waals surface area contributed by atoms with Crippen LogP contribution in [0.5, 0.6) is 0 Å². The first-order valence-corrected chi connectivity index (χ1v) is 7.27. The van der Waals surface area contributed by atoms with Crippen molar-refractivity contribution in [3.63, 3.8) is 0 Å². The summed E-state index contributed by atoms with van der Waals surface area (Å²) in [6.07, 6.45) is -0.0826. The van der Waals surface area contributed by atoms with Crippen LogP contribution >= 0.6 is 0 Å². The number of hydrogen-bond donors (Lipinski definition) is 0. The molecule has 1 aromatic rings. The van der Waals surface area contributed by atoms with Gasteiger partial charge in [0.15, 0.2) is 0 Å². The van der Waals surface area contributed by atoms with Crippen molar-refractivity contribution in [2.45, 2.75) is 33.2 Å². The van der Waals surface area contributed by atoms with Gasteiger partial charge in [0.05, 0.1) is 13.2 Å². The van der Waals surface area contributed by atoms with E-state index in [4.69, 9.17) is 9.47 Å². The number of carbonyl (C=O) groups is 2. The Labute approximate surface area is 125 Å². The van der Waals surface area contributed by atoms with Gasteiger partial charge < -0.3 is 9.47 Å². The van der Waals surface area contributed by atoms with Crippen LogP contribution in [0.2, 0.25) is 0 Å². The minimum absolute atomic E-state index is 0.274. The number of amides is 1. The molecule has 0 radical (unpaired) electrons. The molecule has 0 fully saturated rings. The van der Waals surface area contributed by atoms with Gasteiger partial charge in [-0.25, -0.2) is 9.59 Å². The summed E-state index contributed by atoms with van der Waals surface area (Å²) < 4.78 is 10.1. The number of likely N-dealkylation sites (N-methyl/N-ethyl adjacent to an activating group) is 1. The van der Waals surface area contributed by atoms with Gasteiger partial charge in [0.2, 0.25) is 0 Å². The van der Waals surface area contributed by atoms with E-state index < -0.39 is 18.1 Å². The third-order valence-corrected chi connectivity index (χ3v) is 3.05. The van der Waals surface area contributed by atoms with Crippen molar-refractivity contribution in [1.82, 2.24) is 4.90 Å². The van der Waals surface area contributed by atoms with Crippen molar-refractivity contribution in [3.8, 4) is 0 Å². The maximum Gasteiger partial charge on any atom is 0.410 e. The topological polar surface area (TPSA) is 55.8 Å². The maximum absolute atomic E-state index is 12.2. The average Bonchev–Trinajstić information content (AvgIpc) is 2.48. The second kappa shape index (κ2) is 9.00. The molecule has 0 saturated heterocycles. The van der Waals surface area contributed by atoms with Gasteiger partial charge in [0, 0.05) is 13.0 Å². The fraction of sp³-hybridized carbons (Fsp3) is 0.500. The van der Waals surface area contributed by atoms with E-state index in [0.29, 0.717) is 13.0 Å². The first kappa shape index (κ1) is 17.0. The van der Waals surface area contributed by atoms with Crippen molar-refractivity contribution in [2.24, 2.45) is 0 Å². The number of esters is 1. The molecule has 0 aliphatic carbocycles. The molecule has 0 bridgehead atoms.